The first-order valence-electron chi connectivity index (χ1n) is 10.1. The Morgan fingerprint density at radius 2 is 1.12 bits per heavy atom. The molecule has 5 aromatic rings. The predicted octanol–water partition coefficient (Wildman–Crippen LogP) is 8.17. The van der Waals surface area contributed by atoms with Crippen molar-refractivity contribution in [3.8, 4) is 28.0 Å². The maximum Gasteiger partial charge on any atom is 0.194 e. The summed E-state index contributed by atoms with van der Waals surface area (Å²) in [5.41, 5.74) is 0.633. The maximum atomic E-state index is 15.3. The Morgan fingerprint density at radius 1 is 0.529 bits per heavy atom. The fourth-order valence-electron chi connectivity index (χ4n) is 4.30. The zero-order chi connectivity index (χ0) is 24.1. The highest BCUT2D eigenvalue weighted by Gasteiger charge is 2.23. The number of ether oxygens (including phenoxy) is 1. The van der Waals surface area contributed by atoms with Gasteiger partial charge in [0, 0.05) is 10.9 Å². The van der Waals surface area contributed by atoms with E-state index in [0.717, 1.165) is 18.2 Å². The van der Waals surface area contributed by atoms with Crippen LogP contribution in [-0.2, 0) is 0 Å². The molecule has 0 spiro atoms. The summed E-state index contributed by atoms with van der Waals surface area (Å²) >= 11 is 0. The van der Waals surface area contributed by atoms with Gasteiger partial charge in [-0.2, -0.15) is 0 Å². The summed E-state index contributed by atoms with van der Waals surface area (Å²) in [6, 6.07) is 14.0. The number of methoxy groups -OCH3 is 1. The van der Waals surface area contributed by atoms with Crippen LogP contribution in [0.25, 0.3) is 43.8 Å². The van der Waals surface area contributed by atoms with Crippen LogP contribution >= 0.6 is 0 Å². The molecule has 0 saturated heterocycles. The second-order valence-electron chi connectivity index (χ2n) is 7.71. The van der Waals surface area contributed by atoms with E-state index >= 15 is 4.39 Å². The molecule has 0 unspecified atom stereocenters. The Hall–Kier alpha value is -4.00. The third-order valence-electron chi connectivity index (χ3n) is 5.78. The Morgan fingerprint density at radius 3 is 1.71 bits per heavy atom. The normalized spacial score (nSPS) is 11.4. The summed E-state index contributed by atoms with van der Waals surface area (Å²) in [5, 5.41) is 0.413. The molecule has 0 heterocycles. The molecule has 0 amide bonds. The van der Waals surface area contributed by atoms with Gasteiger partial charge in [-0.05, 0) is 75.3 Å². The van der Waals surface area contributed by atoms with Crippen LogP contribution in [0, 0.1) is 34.9 Å². The lowest BCUT2D eigenvalue weighted by Crippen LogP contribution is -1.98. The average Bonchev–Trinajstić information content (AvgIpc) is 2.82. The van der Waals surface area contributed by atoms with E-state index in [9.17, 15) is 22.0 Å². The second kappa shape index (κ2) is 8.09. The van der Waals surface area contributed by atoms with E-state index in [0.29, 0.717) is 34.4 Å². The fraction of sp³-hybridized carbons (Fsp3) is 0.0370. The van der Waals surface area contributed by atoms with Crippen LogP contribution in [0.2, 0.25) is 0 Å². The van der Waals surface area contributed by atoms with Crippen molar-refractivity contribution in [3.05, 3.63) is 102 Å². The summed E-state index contributed by atoms with van der Waals surface area (Å²) in [5.74, 6) is -7.25. The molecule has 5 rings (SSSR count). The van der Waals surface area contributed by atoms with Crippen molar-refractivity contribution >= 4 is 21.5 Å². The highest BCUT2D eigenvalue weighted by atomic mass is 19.2. The van der Waals surface area contributed by atoms with Crippen molar-refractivity contribution in [2.75, 3.05) is 7.11 Å². The number of hydrogen-bond donors (Lipinski definition) is 0. The van der Waals surface area contributed by atoms with Crippen LogP contribution in [-0.4, -0.2) is 7.11 Å². The van der Waals surface area contributed by atoms with Gasteiger partial charge in [-0.1, -0.05) is 24.3 Å². The zero-order valence-electron chi connectivity index (χ0n) is 17.5. The first-order chi connectivity index (χ1) is 16.3. The Balaban J connectivity index is 2.02. The van der Waals surface area contributed by atoms with Gasteiger partial charge in [0.15, 0.2) is 29.1 Å². The Kier molecular flexibility index (Phi) is 5.20. The third-order valence-corrected chi connectivity index (χ3v) is 5.78. The summed E-state index contributed by atoms with van der Waals surface area (Å²) in [6.07, 6.45) is 0. The molecule has 0 atom stereocenters. The largest absolute Gasteiger partial charge is 0.497 e. The van der Waals surface area contributed by atoms with Gasteiger partial charge in [0.2, 0.25) is 0 Å². The van der Waals surface area contributed by atoms with Crippen LogP contribution in [0.4, 0.5) is 26.3 Å². The fourth-order valence-corrected chi connectivity index (χ4v) is 4.30. The van der Waals surface area contributed by atoms with E-state index < -0.39 is 34.9 Å². The smallest absolute Gasteiger partial charge is 0.194 e. The van der Waals surface area contributed by atoms with E-state index in [-0.39, 0.29) is 27.3 Å². The number of rotatable bonds is 3. The highest BCUT2D eigenvalue weighted by Crippen LogP contribution is 2.45. The summed E-state index contributed by atoms with van der Waals surface area (Å²) < 4.78 is 91.2. The van der Waals surface area contributed by atoms with Crippen molar-refractivity contribution < 1.29 is 31.1 Å². The van der Waals surface area contributed by atoms with Gasteiger partial charge in [0.25, 0.3) is 0 Å². The monoisotopic (exact) mass is 468 g/mol. The lowest BCUT2D eigenvalue weighted by Gasteiger charge is -2.19. The van der Waals surface area contributed by atoms with Crippen molar-refractivity contribution in [1.29, 1.82) is 0 Å². The minimum absolute atomic E-state index is 0.00715. The van der Waals surface area contributed by atoms with E-state index in [1.54, 1.807) is 30.3 Å². The van der Waals surface area contributed by atoms with Crippen LogP contribution in [0.5, 0.6) is 5.75 Å². The molecule has 5 aromatic carbocycles. The lowest BCUT2D eigenvalue weighted by atomic mass is 9.85. The Labute approximate surface area is 189 Å². The summed E-state index contributed by atoms with van der Waals surface area (Å²) in [7, 11) is 1.49. The Bertz CT molecular complexity index is 1570. The SMILES string of the molecule is COc1ccc(-c2c3cc(F)c(F)cc3c(-c3cc(F)c(F)c(F)c3)c3c(F)cccc23)cc1. The molecule has 170 valence electrons. The minimum atomic E-state index is -1.69. The van der Waals surface area contributed by atoms with Crippen LogP contribution < -0.4 is 4.74 Å². The average molecular weight is 468 g/mol. The zero-order valence-corrected chi connectivity index (χ0v) is 17.5. The summed E-state index contributed by atoms with van der Waals surface area (Å²) in [6.45, 7) is 0. The molecule has 0 aromatic heterocycles. The van der Waals surface area contributed by atoms with E-state index in [1.807, 2.05) is 0 Å². The molecule has 0 aliphatic carbocycles. The number of benzene rings is 5. The second-order valence-corrected chi connectivity index (χ2v) is 7.71. The highest BCUT2D eigenvalue weighted by molar-refractivity contribution is 6.21. The molecule has 7 heteroatoms. The lowest BCUT2D eigenvalue weighted by molar-refractivity contribution is 0.415. The number of fused-ring (bicyclic) bond motifs is 2. The van der Waals surface area contributed by atoms with Gasteiger partial charge in [-0.25, -0.2) is 26.3 Å². The molecule has 0 aliphatic heterocycles. The molecule has 0 N–H and O–H groups in total. The number of hydrogen-bond acceptors (Lipinski definition) is 1. The van der Waals surface area contributed by atoms with E-state index in [1.165, 1.54) is 13.2 Å². The molecule has 0 fully saturated rings. The van der Waals surface area contributed by atoms with Crippen LogP contribution in [0.3, 0.4) is 0 Å². The van der Waals surface area contributed by atoms with Crippen molar-refractivity contribution in [3.63, 3.8) is 0 Å². The molecular formula is C27H14F6O. The van der Waals surface area contributed by atoms with E-state index in [4.69, 9.17) is 4.74 Å². The molecule has 34 heavy (non-hydrogen) atoms. The molecule has 0 bridgehead atoms. The van der Waals surface area contributed by atoms with Gasteiger partial charge in [0.05, 0.1) is 7.11 Å². The number of halogens is 6. The van der Waals surface area contributed by atoms with Gasteiger partial charge in [-0.3, -0.25) is 0 Å². The van der Waals surface area contributed by atoms with Gasteiger partial charge >= 0.3 is 0 Å². The van der Waals surface area contributed by atoms with Crippen molar-refractivity contribution in [1.82, 2.24) is 0 Å². The topological polar surface area (TPSA) is 9.23 Å². The summed E-state index contributed by atoms with van der Waals surface area (Å²) in [4.78, 5) is 0. The molecule has 0 radical (unpaired) electrons. The van der Waals surface area contributed by atoms with E-state index in [2.05, 4.69) is 0 Å². The van der Waals surface area contributed by atoms with Crippen molar-refractivity contribution in [2.45, 2.75) is 0 Å². The first-order valence-corrected chi connectivity index (χ1v) is 10.1. The van der Waals surface area contributed by atoms with Gasteiger partial charge < -0.3 is 4.74 Å². The van der Waals surface area contributed by atoms with Crippen molar-refractivity contribution in [2.24, 2.45) is 0 Å². The van der Waals surface area contributed by atoms with Crippen LogP contribution in [0.15, 0.2) is 66.7 Å². The molecule has 0 saturated carbocycles. The molecule has 0 aliphatic rings. The van der Waals surface area contributed by atoms with Gasteiger partial charge in [-0.15, -0.1) is 0 Å². The first kappa shape index (κ1) is 21.8. The maximum absolute atomic E-state index is 15.3. The minimum Gasteiger partial charge on any atom is -0.497 e. The standard InChI is InChI=1S/C27H14F6O/c1-34-15-7-5-13(6-8-15)24-16-3-2-4-19(28)26(16)25(14-9-22(31)27(33)23(32)10-14)18-12-21(30)20(29)11-17(18)24/h2-12H,1H3. The molecular weight excluding hydrogens is 454 g/mol. The third kappa shape index (κ3) is 3.36. The molecule has 1 nitrogen and oxygen atoms in total. The van der Waals surface area contributed by atoms with Crippen LogP contribution in [0.1, 0.15) is 0 Å². The predicted molar refractivity (Wildman–Crippen MR) is 119 cm³/mol. The van der Waals surface area contributed by atoms with Gasteiger partial charge in [0.1, 0.15) is 11.6 Å². The quantitative estimate of drug-likeness (QED) is 0.147.